The second-order valence-corrected chi connectivity index (χ2v) is 15.7. The Kier molecular flexibility index (Phi) is 9.71. The minimum absolute atomic E-state index is 0.0276. The number of carbonyl (C=O) groups excluding carboxylic acids is 1. The van der Waals surface area contributed by atoms with Crippen LogP contribution in [0.15, 0.2) is 72.9 Å². The van der Waals surface area contributed by atoms with Gasteiger partial charge in [0.25, 0.3) is 0 Å². The number of methoxy groups -OCH3 is 2. The number of hydrogen-bond donors (Lipinski definition) is 6. The largest absolute Gasteiger partial charge is 0.508 e. The molecular weight excluding hydrogens is 697 g/mol. The molecule has 0 amide bonds. The molecule has 10 nitrogen and oxygen atoms in total. The molecule has 1 aliphatic heterocycles. The van der Waals surface area contributed by atoms with E-state index in [0.717, 1.165) is 77.2 Å². The summed E-state index contributed by atoms with van der Waals surface area (Å²) in [6.07, 6.45) is 6.99. The summed E-state index contributed by atoms with van der Waals surface area (Å²) in [5.41, 5.74) is 4.91. The van der Waals surface area contributed by atoms with Crippen LogP contribution in [0.1, 0.15) is 91.0 Å². The van der Waals surface area contributed by atoms with Crippen LogP contribution < -0.4 is 14.8 Å². The molecule has 1 aromatic heterocycles. The van der Waals surface area contributed by atoms with Gasteiger partial charge in [-0.15, -0.1) is 0 Å². The van der Waals surface area contributed by atoms with Gasteiger partial charge in [0.2, 0.25) is 5.75 Å². The summed E-state index contributed by atoms with van der Waals surface area (Å²) in [6.45, 7) is 0. The average Bonchev–Trinajstić information content (AvgIpc) is 3.67. The third-order valence-corrected chi connectivity index (χ3v) is 12.6. The van der Waals surface area contributed by atoms with Gasteiger partial charge in [0, 0.05) is 23.7 Å². The van der Waals surface area contributed by atoms with Crippen LogP contribution in [0.25, 0.3) is 10.8 Å². The zero-order valence-corrected chi connectivity index (χ0v) is 31.2. The molecule has 5 aromatic rings. The van der Waals surface area contributed by atoms with Crippen molar-refractivity contribution in [2.24, 2.45) is 5.92 Å². The van der Waals surface area contributed by atoms with Gasteiger partial charge in [-0.3, -0.25) is 4.79 Å². The standard InChI is InChI=1S/C45H48N2O8/c1-54-38-17-25(5-11-34(38)49)6-12-35(50)43-36(51)21-29(30-22-37(52)44(53)39(23-30)55-2)18-26-7-8-27-19-32(48)20-28-9-10-33(42(26)41(27)28)47-40-24-31(13-16-46-40)45(43)14-3-4-15-45/h5,9-11,13,16-17,19-20,22-24,26,29,35,43,48-50,52-53H,3-4,6-8,12,14-15,18,21H2,1-2H3,(H,46,47)/t26-,29+,35-,43+/m1/s1. The summed E-state index contributed by atoms with van der Waals surface area (Å²) in [5, 5.41) is 60.4. The van der Waals surface area contributed by atoms with E-state index >= 15 is 4.79 Å². The van der Waals surface area contributed by atoms with Crippen LogP contribution in [0.2, 0.25) is 0 Å². The van der Waals surface area contributed by atoms with Crippen molar-refractivity contribution in [3.05, 3.63) is 101 Å². The van der Waals surface area contributed by atoms with Crippen LogP contribution in [0, 0.1) is 5.92 Å². The van der Waals surface area contributed by atoms with Gasteiger partial charge in [0.05, 0.1) is 26.2 Å². The Labute approximate surface area is 320 Å². The van der Waals surface area contributed by atoms with Crippen molar-refractivity contribution < 1.29 is 39.8 Å². The summed E-state index contributed by atoms with van der Waals surface area (Å²) in [4.78, 5) is 20.1. The zero-order valence-electron chi connectivity index (χ0n) is 31.2. The molecule has 0 saturated heterocycles. The van der Waals surface area contributed by atoms with E-state index in [1.807, 2.05) is 36.4 Å². The molecule has 286 valence electrons. The predicted molar refractivity (Wildman–Crippen MR) is 210 cm³/mol. The first-order valence-corrected chi connectivity index (χ1v) is 19.3. The van der Waals surface area contributed by atoms with Gasteiger partial charge in [-0.25, -0.2) is 4.98 Å². The number of aliphatic hydroxyl groups is 1. The number of phenolic OH excluding ortho intramolecular Hbond substituents is 4. The number of anilines is 2. The Bertz CT molecular complexity index is 2260. The third kappa shape index (κ3) is 6.66. The quantitative estimate of drug-likeness (QED) is 0.0893. The highest BCUT2D eigenvalue weighted by atomic mass is 16.5. The summed E-state index contributed by atoms with van der Waals surface area (Å²) < 4.78 is 10.8. The van der Waals surface area contributed by atoms with Crippen LogP contribution in [-0.2, 0) is 23.1 Å². The number of phenols is 4. The van der Waals surface area contributed by atoms with Gasteiger partial charge in [-0.2, -0.15) is 0 Å². The lowest BCUT2D eigenvalue weighted by Gasteiger charge is -2.41. The number of pyridine rings is 1. The lowest BCUT2D eigenvalue weighted by atomic mass is 9.63. The lowest BCUT2D eigenvalue weighted by Crippen LogP contribution is -2.45. The van der Waals surface area contributed by atoms with Gasteiger partial charge in [-0.05, 0) is 150 Å². The van der Waals surface area contributed by atoms with Crippen molar-refractivity contribution >= 4 is 28.1 Å². The second kappa shape index (κ2) is 14.6. The first-order chi connectivity index (χ1) is 26.6. The highest BCUT2D eigenvalue weighted by molar-refractivity contribution is 5.96. The average molecular weight is 745 g/mol. The maximum atomic E-state index is 15.3. The molecule has 2 heterocycles. The molecule has 2 aliphatic carbocycles. The lowest BCUT2D eigenvalue weighted by molar-refractivity contribution is -0.130. The van der Waals surface area contributed by atoms with Crippen molar-refractivity contribution in [2.75, 3.05) is 19.5 Å². The number of aryl methyl sites for hydroxylation is 2. The van der Waals surface area contributed by atoms with E-state index in [4.69, 9.17) is 14.5 Å². The first kappa shape index (κ1) is 36.5. The van der Waals surface area contributed by atoms with E-state index < -0.39 is 23.4 Å². The number of fused-ring (bicyclic) bond motifs is 3. The van der Waals surface area contributed by atoms with Crippen molar-refractivity contribution in [1.82, 2.24) is 4.98 Å². The van der Waals surface area contributed by atoms with Gasteiger partial charge < -0.3 is 40.3 Å². The number of benzene rings is 4. The number of aromatic nitrogens is 1. The van der Waals surface area contributed by atoms with Gasteiger partial charge >= 0.3 is 0 Å². The Morgan fingerprint density at radius 2 is 1.69 bits per heavy atom. The predicted octanol–water partition coefficient (Wildman–Crippen LogP) is 8.42. The fourth-order valence-corrected chi connectivity index (χ4v) is 10.0. The fourth-order valence-electron chi connectivity index (χ4n) is 10.0. The minimum Gasteiger partial charge on any atom is -0.508 e. The van der Waals surface area contributed by atoms with E-state index in [-0.39, 0.29) is 46.9 Å². The molecule has 2 bridgehead atoms. The molecule has 6 N–H and O–H groups in total. The number of ether oxygens (including phenoxy) is 2. The number of Topliss-reactive ketones (excluding diaryl/α,β-unsaturated/α-hetero) is 1. The fraction of sp³-hybridized carbons (Fsp3) is 0.378. The van der Waals surface area contributed by atoms with Gasteiger partial charge in [0.15, 0.2) is 23.0 Å². The van der Waals surface area contributed by atoms with E-state index in [0.29, 0.717) is 36.4 Å². The van der Waals surface area contributed by atoms with E-state index in [9.17, 15) is 25.5 Å². The Balaban J connectivity index is 1.28. The smallest absolute Gasteiger partial charge is 0.200 e. The summed E-state index contributed by atoms with van der Waals surface area (Å²) in [5.74, 6) is -0.534. The number of nitrogens with one attached hydrogen (secondary N) is 1. The van der Waals surface area contributed by atoms with Crippen LogP contribution in [0.4, 0.5) is 11.5 Å². The SMILES string of the molecule is COc1cc(CC[C@@H](O)[C@H]2C(=O)C[C@@H](c3cc(O)c(O)c(OC)c3)C[C@H]3CCc4cc(O)cc5ccc(c3c45)Nc3cc(ccn3)C23CCCC3)ccc1O. The highest BCUT2D eigenvalue weighted by Gasteiger charge is 2.50. The molecule has 3 aliphatic rings. The number of rotatable bonds is 7. The molecule has 1 spiro atoms. The van der Waals surface area contributed by atoms with Gasteiger partial charge in [-0.1, -0.05) is 25.0 Å². The maximum Gasteiger partial charge on any atom is 0.200 e. The molecule has 10 heteroatoms. The molecular formula is C45H48N2O8. The maximum absolute atomic E-state index is 15.3. The Morgan fingerprint density at radius 1 is 0.891 bits per heavy atom. The van der Waals surface area contributed by atoms with Crippen molar-refractivity contribution in [3.8, 4) is 34.5 Å². The number of hydrogen-bond acceptors (Lipinski definition) is 10. The normalized spacial score (nSPS) is 20.9. The van der Waals surface area contributed by atoms with E-state index in [1.54, 1.807) is 30.5 Å². The topological polar surface area (TPSA) is 162 Å². The molecule has 1 fully saturated rings. The summed E-state index contributed by atoms with van der Waals surface area (Å²) >= 11 is 0. The third-order valence-electron chi connectivity index (χ3n) is 12.6. The van der Waals surface area contributed by atoms with Crippen LogP contribution in [0.5, 0.6) is 34.5 Å². The van der Waals surface area contributed by atoms with Crippen LogP contribution in [0.3, 0.4) is 0 Å². The molecule has 4 aromatic carbocycles. The molecule has 4 atom stereocenters. The van der Waals surface area contributed by atoms with Crippen molar-refractivity contribution in [3.63, 3.8) is 0 Å². The minimum atomic E-state index is -0.991. The van der Waals surface area contributed by atoms with Gasteiger partial charge in [0.1, 0.15) is 17.4 Å². The molecule has 0 unspecified atom stereocenters. The zero-order chi connectivity index (χ0) is 38.4. The molecule has 1 saturated carbocycles. The van der Waals surface area contributed by atoms with Crippen molar-refractivity contribution in [1.29, 1.82) is 0 Å². The highest BCUT2D eigenvalue weighted by Crippen LogP contribution is 2.53. The number of carbonyl (C=O) groups is 1. The molecule has 8 rings (SSSR count). The Morgan fingerprint density at radius 3 is 2.47 bits per heavy atom. The Hall–Kier alpha value is -5.48. The van der Waals surface area contributed by atoms with E-state index in [1.165, 1.54) is 20.3 Å². The van der Waals surface area contributed by atoms with Crippen molar-refractivity contribution in [2.45, 2.75) is 87.6 Å². The van der Waals surface area contributed by atoms with Crippen LogP contribution >= 0.6 is 0 Å². The molecule has 55 heavy (non-hydrogen) atoms. The summed E-state index contributed by atoms with van der Waals surface area (Å²) in [7, 11) is 2.93. The van der Waals surface area contributed by atoms with Crippen LogP contribution in [-0.4, -0.2) is 56.6 Å². The molecule has 0 radical (unpaired) electrons. The number of nitrogens with zero attached hydrogens (tertiary/aromatic N) is 1. The number of aromatic hydroxyl groups is 4. The number of ketones is 1. The van der Waals surface area contributed by atoms with E-state index in [2.05, 4.69) is 5.32 Å². The second-order valence-electron chi connectivity index (χ2n) is 15.7. The summed E-state index contributed by atoms with van der Waals surface area (Å²) in [6, 6.07) is 20.1. The number of aliphatic hydroxyl groups excluding tert-OH is 1. The monoisotopic (exact) mass is 744 g/mol. The first-order valence-electron chi connectivity index (χ1n) is 19.3.